The van der Waals surface area contributed by atoms with Crippen molar-refractivity contribution in [3.05, 3.63) is 166 Å². The standard InChI is InChI=1S/C42H48N2O5Si2/c1-41(2,3)50(34-19-11-7-12-20-34,35-21-13-8-14-22-35)47-30-32-29-44(40(46)43-39(32)45)38-28-27-33(49-38)31-48-51(42(4,5)6,36-23-15-9-16-24-36)37-25-17-10-18-26-37/h7-29,33,38H,30-31H2,1-6H3,(H,43,45,46)/t33-,38+/m0/s1. The molecule has 9 heteroatoms. The molecule has 7 nitrogen and oxygen atoms in total. The van der Waals surface area contributed by atoms with E-state index in [0.717, 1.165) is 10.4 Å². The van der Waals surface area contributed by atoms with Gasteiger partial charge in [0.2, 0.25) is 0 Å². The quantitative estimate of drug-likeness (QED) is 0.141. The van der Waals surface area contributed by atoms with E-state index >= 15 is 0 Å². The van der Waals surface area contributed by atoms with Gasteiger partial charge in [0.1, 0.15) is 6.10 Å². The first-order valence-electron chi connectivity index (χ1n) is 17.5. The zero-order valence-electron chi connectivity index (χ0n) is 30.3. The summed E-state index contributed by atoms with van der Waals surface area (Å²) in [6, 6.07) is 41.5. The average Bonchev–Trinajstić information content (AvgIpc) is 3.59. The van der Waals surface area contributed by atoms with E-state index in [1.54, 1.807) is 6.20 Å². The average molecular weight is 717 g/mol. The molecule has 0 saturated heterocycles. The number of hydrogen-bond donors (Lipinski definition) is 1. The second kappa shape index (κ2) is 14.7. The molecule has 4 aromatic carbocycles. The molecule has 0 bridgehead atoms. The van der Waals surface area contributed by atoms with Gasteiger partial charge in [-0.15, -0.1) is 0 Å². The molecule has 0 aliphatic carbocycles. The monoisotopic (exact) mass is 716 g/mol. The number of hydrogen-bond acceptors (Lipinski definition) is 5. The first-order chi connectivity index (χ1) is 24.4. The predicted octanol–water partition coefficient (Wildman–Crippen LogP) is 5.64. The molecule has 0 amide bonds. The Kier molecular flexibility index (Phi) is 10.5. The van der Waals surface area contributed by atoms with Gasteiger partial charge in [-0.3, -0.25) is 14.3 Å². The van der Waals surface area contributed by atoms with Gasteiger partial charge in [-0.25, -0.2) is 4.79 Å². The normalized spacial score (nSPS) is 16.7. The molecule has 0 radical (unpaired) electrons. The molecule has 0 saturated carbocycles. The van der Waals surface area contributed by atoms with E-state index in [1.165, 1.54) is 14.9 Å². The van der Waals surface area contributed by atoms with Gasteiger partial charge in [-0.2, -0.15) is 0 Å². The lowest BCUT2D eigenvalue weighted by Gasteiger charge is -2.43. The molecule has 1 N–H and O–H groups in total. The first-order valence-corrected chi connectivity index (χ1v) is 21.4. The molecule has 6 rings (SSSR count). The lowest BCUT2D eigenvalue weighted by molar-refractivity contribution is -0.00733. The highest BCUT2D eigenvalue weighted by Gasteiger charge is 2.51. The van der Waals surface area contributed by atoms with Crippen molar-refractivity contribution >= 4 is 37.4 Å². The van der Waals surface area contributed by atoms with Gasteiger partial charge in [-0.05, 0) is 36.9 Å². The van der Waals surface area contributed by atoms with Crippen LogP contribution in [0, 0.1) is 0 Å². The maximum Gasteiger partial charge on any atom is 0.330 e. The SMILES string of the molecule is CC(C)(C)[Si](OCc1cn([C@H]2C=C[C@@H](CO[Si](c3ccccc3)(c3ccccc3)C(C)(C)C)O2)c(=O)[nH]c1=O)(c1ccccc1)c1ccccc1. The van der Waals surface area contributed by atoms with Crippen LogP contribution in [0.2, 0.25) is 10.1 Å². The highest BCUT2D eigenvalue weighted by Crippen LogP contribution is 2.38. The Labute approximate surface area is 302 Å². The number of aromatic nitrogens is 2. The van der Waals surface area contributed by atoms with Gasteiger partial charge < -0.3 is 13.6 Å². The Morgan fingerprint density at radius 1 is 0.627 bits per heavy atom. The molecule has 2 heterocycles. The molecule has 1 aliphatic heterocycles. The second-order valence-corrected chi connectivity index (χ2v) is 23.8. The van der Waals surface area contributed by atoms with Crippen LogP contribution in [-0.4, -0.2) is 38.9 Å². The molecule has 1 aromatic heterocycles. The number of aromatic amines is 1. The fourth-order valence-electron chi connectivity index (χ4n) is 7.48. The molecule has 0 spiro atoms. The van der Waals surface area contributed by atoms with Crippen LogP contribution < -0.4 is 32.0 Å². The third-order valence-electron chi connectivity index (χ3n) is 9.86. The van der Waals surface area contributed by atoms with Crippen molar-refractivity contribution in [2.75, 3.05) is 6.61 Å². The summed E-state index contributed by atoms with van der Waals surface area (Å²) >= 11 is 0. The van der Waals surface area contributed by atoms with Crippen molar-refractivity contribution in [3.63, 3.8) is 0 Å². The maximum absolute atomic E-state index is 13.3. The van der Waals surface area contributed by atoms with Crippen molar-refractivity contribution in [1.29, 1.82) is 0 Å². The molecule has 2 atom stereocenters. The van der Waals surface area contributed by atoms with E-state index in [1.807, 2.05) is 60.7 Å². The highest BCUT2D eigenvalue weighted by molar-refractivity contribution is 7.00. The molecule has 51 heavy (non-hydrogen) atoms. The summed E-state index contributed by atoms with van der Waals surface area (Å²) in [4.78, 5) is 29.0. The number of nitrogens with zero attached hydrogens (tertiary/aromatic N) is 1. The minimum absolute atomic E-state index is 0.0275. The smallest absolute Gasteiger partial charge is 0.330 e. The molecule has 264 valence electrons. The molecule has 0 fully saturated rings. The van der Waals surface area contributed by atoms with E-state index in [4.69, 9.17) is 13.6 Å². The summed E-state index contributed by atoms with van der Waals surface area (Å²) in [5.41, 5.74) is -0.660. The van der Waals surface area contributed by atoms with Crippen molar-refractivity contribution in [3.8, 4) is 0 Å². The van der Waals surface area contributed by atoms with Crippen LogP contribution in [0.1, 0.15) is 53.3 Å². The Morgan fingerprint density at radius 2 is 1.04 bits per heavy atom. The fraction of sp³-hybridized carbons (Fsp3) is 0.286. The van der Waals surface area contributed by atoms with E-state index in [-0.39, 0.29) is 16.7 Å². The van der Waals surface area contributed by atoms with Gasteiger partial charge in [0.25, 0.3) is 22.2 Å². The van der Waals surface area contributed by atoms with Crippen molar-refractivity contribution in [2.24, 2.45) is 0 Å². The predicted molar refractivity (Wildman–Crippen MR) is 210 cm³/mol. The number of H-pyrrole nitrogens is 1. The van der Waals surface area contributed by atoms with E-state index in [0.29, 0.717) is 12.2 Å². The van der Waals surface area contributed by atoms with Crippen LogP contribution in [0.3, 0.4) is 0 Å². The largest absolute Gasteiger partial charge is 0.404 e. The zero-order valence-corrected chi connectivity index (χ0v) is 32.3. The summed E-state index contributed by atoms with van der Waals surface area (Å²) in [7, 11) is -5.72. The summed E-state index contributed by atoms with van der Waals surface area (Å²) in [6.07, 6.45) is 4.27. The summed E-state index contributed by atoms with van der Waals surface area (Å²) in [5.74, 6) is 0. The van der Waals surface area contributed by atoms with Gasteiger partial charge in [0.05, 0.1) is 18.8 Å². The molecular formula is C42H48N2O5Si2. The lowest BCUT2D eigenvalue weighted by atomic mass is 10.2. The fourth-order valence-corrected chi connectivity index (χ4v) is 16.6. The molecule has 0 unspecified atom stereocenters. The second-order valence-electron chi connectivity index (χ2n) is 15.2. The molecule has 1 aliphatic rings. The zero-order chi connectivity index (χ0) is 36.3. The summed E-state index contributed by atoms with van der Waals surface area (Å²) in [6.45, 7) is 13.6. The van der Waals surface area contributed by atoms with Crippen LogP contribution >= 0.6 is 0 Å². The summed E-state index contributed by atoms with van der Waals surface area (Å²) in [5, 5.41) is 4.13. The first kappa shape index (κ1) is 36.4. The highest BCUT2D eigenvalue weighted by atomic mass is 28.4. The Balaban J connectivity index is 1.27. The number of nitrogens with one attached hydrogen (secondary N) is 1. The van der Waals surface area contributed by atoms with E-state index in [9.17, 15) is 9.59 Å². The maximum atomic E-state index is 13.3. The number of benzene rings is 4. The molecular weight excluding hydrogens is 669 g/mol. The number of ether oxygens (including phenoxy) is 1. The van der Waals surface area contributed by atoms with Gasteiger partial charge in [0, 0.05) is 6.20 Å². The van der Waals surface area contributed by atoms with Crippen LogP contribution in [0.15, 0.2) is 149 Å². The Morgan fingerprint density at radius 3 is 1.45 bits per heavy atom. The van der Waals surface area contributed by atoms with E-state index < -0.39 is 40.2 Å². The van der Waals surface area contributed by atoms with Crippen molar-refractivity contribution < 1.29 is 13.6 Å². The van der Waals surface area contributed by atoms with E-state index in [2.05, 4.69) is 119 Å². The van der Waals surface area contributed by atoms with Gasteiger partial charge in [0.15, 0.2) is 6.23 Å². The Hall–Kier alpha value is -4.39. The number of rotatable bonds is 11. The van der Waals surface area contributed by atoms with Crippen LogP contribution in [0.4, 0.5) is 0 Å². The van der Waals surface area contributed by atoms with Crippen molar-refractivity contribution in [2.45, 2.75) is 70.6 Å². The van der Waals surface area contributed by atoms with Gasteiger partial charge >= 0.3 is 5.69 Å². The topological polar surface area (TPSA) is 82.6 Å². The van der Waals surface area contributed by atoms with Crippen molar-refractivity contribution in [1.82, 2.24) is 9.55 Å². The van der Waals surface area contributed by atoms with Crippen LogP contribution in [-0.2, 0) is 20.2 Å². The van der Waals surface area contributed by atoms with Crippen LogP contribution in [0.25, 0.3) is 0 Å². The molecule has 5 aromatic rings. The van der Waals surface area contributed by atoms with Crippen LogP contribution in [0.5, 0.6) is 0 Å². The minimum Gasteiger partial charge on any atom is -0.404 e. The minimum atomic E-state index is -2.93. The summed E-state index contributed by atoms with van der Waals surface area (Å²) < 4.78 is 22.0. The third-order valence-corrected chi connectivity index (χ3v) is 19.8. The Bertz CT molecular complexity index is 1970. The lowest BCUT2D eigenvalue weighted by Crippen LogP contribution is -2.67. The third kappa shape index (κ3) is 7.09. The van der Waals surface area contributed by atoms with Gasteiger partial charge in [-0.1, -0.05) is 169 Å².